The molecule has 4 heteroatoms. The molecule has 2 aromatic heterocycles. The summed E-state index contributed by atoms with van der Waals surface area (Å²) in [6.07, 6.45) is 9.76. The second-order valence-electron chi connectivity index (χ2n) is 6.83. The van der Waals surface area contributed by atoms with Crippen LogP contribution >= 0.6 is 11.3 Å². The highest BCUT2D eigenvalue weighted by Crippen LogP contribution is 2.32. The molecule has 4 rings (SSSR count). The molecule has 3 nitrogen and oxygen atoms in total. The topological polar surface area (TPSA) is 37.8 Å². The molecule has 1 aliphatic carbocycles. The molecule has 2 heterocycles. The molecule has 26 heavy (non-hydrogen) atoms. The molecule has 134 valence electrons. The van der Waals surface area contributed by atoms with Gasteiger partial charge in [0.25, 0.3) is 0 Å². The summed E-state index contributed by atoms with van der Waals surface area (Å²) >= 11 is 1.78. The number of hydrogen-bond donors (Lipinski definition) is 1. The van der Waals surface area contributed by atoms with E-state index in [0.717, 1.165) is 46.8 Å². The van der Waals surface area contributed by atoms with Gasteiger partial charge in [0.05, 0.1) is 5.39 Å². The first-order valence-electron chi connectivity index (χ1n) is 9.61. The summed E-state index contributed by atoms with van der Waals surface area (Å²) in [5, 5.41) is 4.75. The van der Waals surface area contributed by atoms with E-state index in [2.05, 4.69) is 36.5 Å². The molecule has 0 bridgehead atoms. The van der Waals surface area contributed by atoms with Gasteiger partial charge in [-0.05, 0) is 44.6 Å². The van der Waals surface area contributed by atoms with Crippen molar-refractivity contribution in [1.82, 2.24) is 9.97 Å². The van der Waals surface area contributed by atoms with Crippen molar-refractivity contribution < 1.29 is 0 Å². The van der Waals surface area contributed by atoms with E-state index < -0.39 is 0 Å². The van der Waals surface area contributed by atoms with E-state index in [-0.39, 0.29) is 0 Å². The van der Waals surface area contributed by atoms with Crippen LogP contribution in [0.5, 0.6) is 0 Å². The van der Waals surface area contributed by atoms with Crippen LogP contribution in [0.2, 0.25) is 0 Å². The second-order valence-corrected chi connectivity index (χ2v) is 7.95. The Labute approximate surface area is 159 Å². The van der Waals surface area contributed by atoms with E-state index in [9.17, 15) is 0 Å². The van der Waals surface area contributed by atoms with Crippen molar-refractivity contribution in [3.8, 4) is 11.4 Å². The fourth-order valence-corrected chi connectivity index (χ4v) is 4.44. The third kappa shape index (κ3) is 3.80. The number of aromatic nitrogens is 2. The number of hydrogen-bond acceptors (Lipinski definition) is 4. The zero-order valence-electron chi connectivity index (χ0n) is 15.3. The van der Waals surface area contributed by atoms with Crippen LogP contribution in [0.1, 0.15) is 43.9 Å². The summed E-state index contributed by atoms with van der Waals surface area (Å²) < 4.78 is 0. The van der Waals surface area contributed by atoms with Crippen molar-refractivity contribution in [2.75, 3.05) is 11.9 Å². The number of aryl methyl sites for hydroxylation is 1. The maximum absolute atomic E-state index is 4.87. The predicted molar refractivity (Wildman–Crippen MR) is 112 cm³/mol. The Morgan fingerprint density at radius 2 is 2.00 bits per heavy atom. The Hall–Kier alpha value is -2.20. The zero-order valence-corrected chi connectivity index (χ0v) is 16.1. The lowest BCUT2D eigenvalue weighted by molar-refractivity contribution is 0.679. The van der Waals surface area contributed by atoms with Crippen LogP contribution in [0.4, 0.5) is 5.82 Å². The summed E-state index contributed by atoms with van der Waals surface area (Å²) in [7, 11) is 0. The molecular weight excluding hydrogens is 338 g/mol. The van der Waals surface area contributed by atoms with Crippen LogP contribution in [-0.4, -0.2) is 16.5 Å². The minimum Gasteiger partial charge on any atom is -0.369 e. The molecule has 0 aliphatic heterocycles. The van der Waals surface area contributed by atoms with Gasteiger partial charge in [-0.3, -0.25) is 0 Å². The monoisotopic (exact) mass is 363 g/mol. The molecule has 0 saturated carbocycles. The first kappa shape index (κ1) is 17.2. The van der Waals surface area contributed by atoms with Gasteiger partial charge in [0, 0.05) is 17.0 Å². The molecule has 0 spiro atoms. The molecule has 0 atom stereocenters. The van der Waals surface area contributed by atoms with Crippen molar-refractivity contribution >= 4 is 27.4 Å². The normalized spacial score (nSPS) is 14.4. The van der Waals surface area contributed by atoms with E-state index in [0.29, 0.717) is 0 Å². The van der Waals surface area contributed by atoms with Crippen LogP contribution in [0, 0.1) is 0 Å². The Kier molecular flexibility index (Phi) is 5.30. The van der Waals surface area contributed by atoms with Gasteiger partial charge in [-0.25, -0.2) is 9.97 Å². The number of benzene rings is 1. The summed E-state index contributed by atoms with van der Waals surface area (Å²) in [6.45, 7) is 3.13. The number of nitrogens with one attached hydrogen (secondary N) is 1. The Bertz CT molecular complexity index is 912. The number of anilines is 1. The number of thiophene rings is 1. The lowest BCUT2D eigenvalue weighted by Gasteiger charge is -2.14. The quantitative estimate of drug-likeness (QED) is 0.528. The van der Waals surface area contributed by atoms with Crippen LogP contribution in [-0.2, 0) is 6.42 Å². The molecule has 3 aromatic rings. The highest BCUT2D eigenvalue weighted by molar-refractivity contribution is 7.18. The maximum atomic E-state index is 4.87. The predicted octanol–water partition coefficient (Wildman–Crippen LogP) is 6.22. The number of allylic oxidation sites excluding steroid dienone is 1. The first-order valence-corrected chi connectivity index (χ1v) is 10.4. The lowest BCUT2D eigenvalue weighted by atomic mass is 9.97. The molecule has 0 saturated heterocycles. The fraction of sp³-hybridized carbons (Fsp3) is 0.364. The van der Waals surface area contributed by atoms with Gasteiger partial charge in [-0.1, -0.05) is 48.9 Å². The van der Waals surface area contributed by atoms with Crippen LogP contribution in [0.3, 0.4) is 0 Å². The van der Waals surface area contributed by atoms with Crippen molar-refractivity contribution in [2.24, 2.45) is 0 Å². The van der Waals surface area contributed by atoms with Gasteiger partial charge in [0.1, 0.15) is 10.6 Å². The average molecular weight is 364 g/mol. The molecular formula is C22H25N3S. The minimum absolute atomic E-state index is 0.807. The largest absolute Gasteiger partial charge is 0.369 e. The van der Waals surface area contributed by atoms with Crippen LogP contribution in [0.25, 0.3) is 21.6 Å². The fourth-order valence-electron chi connectivity index (χ4n) is 3.47. The van der Waals surface area contributed by atoms with E-state index in [1.165, 1.54) is 30.6 Å². The van der Waals surface area contributed by atoms with E-state index >= 15 is 0 Å². The van der Waals surface area contributed by atoms with E-state index in [4.69, 9.17) is 9.97 Å². The van der Waals surface area contributed by atoms with Gasteiger partial charge in [0.2, 0.25) is 0 Å². The first-order chi connectivity index (χ1) is 12.8. The van der Waals surface area contributed by atoms with Crippen molar-refractivity contribution in [3.63, 3.8) is 0 Å². The number of rotatable bonds is 6. The molecule has 0 radical (unpaired) electrons. The van der Waals surface area contributed by atoms with E-state index in [1.54, 1.807) is 16.9 Å². The van der Waals surface area contributed by atoms with Crippen molar-refractivity contribution in [1.29, 1.82) is 0 Å². The second kappa shape index (κ2) is 8.00. The SMILES string of the molecule is CCc1cc2c(NCCC3=CCCCC3)nc(-c3ccccc3)nc2s1. The Morgan fingerprint density at radius 1 is 1.12 bits per heavy atom. The summed E-state index contributed by atoms with van der Waals surface area (Å²) in [6, 6.07) is 12.5. The maximum Gasteiger partial charge on any atom is 0.163 e. The highest BCUT2D eigenvalue weighted by atomic mass is 32.1. The van der Waals surface area contributed by atoms with Gasteiger partial charge < -0.3 is 5.32 Å². The van der Waals surface area contributed by atoms with Crippen molar-refractivity contribution in [3.05, 3.63) is 52.9 Å². The van der Waals surface area contributed by atoms with Gasteiger partial charge in [0.15, 0.2) is 5.82 Å². The average Bonchev–Trinajstić information content (AvgIpc) is 3.13. The molecule has 1 N–H and O–H groups in total. The minimum atomic E-state index is 0.807. The van der Waals surface area contributed by atoms with E-state index in [1.807, 2.05) is 18.2 Å². The summed E-state index contributed by atoms with van der Waals surface area (Å²) in [5.41, 5.74) is 2.66. The molecule has 0 fully saturated rings. The zero-order chi connectivity index (χ0) is 17.8. The third-order valence-corrected chi connectivity index (χ3v) is 6.12. The number of nitrogens with zero attached hydrogens (tertiary/aromatic N) is 2. The third-order valence-electron chi connectivity index (χ3n) is 4.95. The highest BCUT2D eigenvalue weighted by Gasteiger charge is 2.13. The smallest absolute Gasteiger partial charge is 0.163 e. The van der Waals surface area contributed by atoms with Gasteiger partial charge in [-0.15, -0.1) is 11.3 Å². The van der Waals surface area contributed by atoms with Crippen LogP contribution < -0.4 is 5.32 Å². The molecule has 1 aromatic carbocycles. The molecule has 0 unspecified atom stereocenters. The summed E-state index contributed by atoms with van der Waals surface area (Å²) in [5.74, 6) is 1.78. The standard InChI is InChI=1S/C22H25N3S/c1-2-18-15-19-21(23-14-13-16-9-5-3-6-10-16)24-20(25-22(19)26-18)17-11-7-4-8-12-17/h4,7-9,11-12,15H,2-3,5-6,10,13-14H2,1H3,(H,23,24,25). The van der Waals surface area contributed by atoms with Crippen molar-refractivity contribution in [2.45, 2.75) is 45.4 Å². The molecule has 1 aliphatic rings. The van der Waals surface area contributed by atoms with Gasteiger partial charge >= 0.3 is 0 Å². The summed E-state index contributed by atoms with van der Waals surface area (Å²) in [4.78, 5) is 12.1. The Morgan fingerprint density at radius 3 is 2.77 bits per heavy atom. The van der Waals surface area contributed by atoms with Gasteiger partial charge in [-0.2, -0.15) is 0 Å². The van der Waals surface area contributed by atoms with Crippen LogP contribution in [0.15, 0.2) is 48.0 Å². The lowest BCUT2D eigenvalue weighted by Crippen LogP contribution is -2.07. The molecule has 0 amide bonds. The number of fused-ring (bicyclic) bond motifs is 1. The Balaban J connectivity index is 1.62.